The number of halogens is 1. The third-order valence-corrected chi connectivity index (χ3v) is 5.63. The fourth-order valence-corrected chi connectivity index (χ4v) is 3.86. The average molecular weight is 575 g/mol. The van der Waals surface area contributed by atoms with Gasteiger partial charge < -0.3 is 19.7 Å². The molecule has 1 aliphatic rings. The van der Waals surface area contributed by atoms with Gasteiger partial charge in [0.25, 0.3) is 0 Å². The van der Waals surface area contributed by atoms with E-state index in [0.717, 1.165) is 49.9 Å². The molecule has 1 fully saturated rings. The van der Waals surface area contributed by atoms with Gasteiger partial charge >= 0.3 is 0 Å². The molecule has 0 bridgehead atoms. The first-order valence-corrected chi connectivity index (χ1v) is 11.6. The third-order valence-electron chi connectivity index (χ3n) is 5.63. The van der Waals surface area contributed by atoms with Gasteiger partial charge in [-0.25, -0.2) is 0 Å². The Bertz CT molecular complexity index is 1020. The molecule has 34 heavy (non-hydrogen) atoms. The molecule has 0 amide bonds. The lowest BCUT2D eigenvalue weighted by Gasteiger charge is -2.34. The van der Waals surface area contributed by atoms with Crippen molar-refractivity contribution in [3.63, 3.8) is 0 Å². The van der Waals surface area contributed by atoms with Gasteiger partial charge in [0.05, 0.1) is 19.3 Å². The number of aromatic nitrogens is 2. The van der Waals surface area contributed by atoms with Crippen molar-refractivity contribution in [1.29, 1.82) is 0 Å². The van der Waals surface area contributed by atoms with Gasteiger partial charge in [0.1, 0.15) is 18.5 Å². The summed E-state index contributed by atoms with van der Waals surface area (Å²) in [5.41, 5.74) is 3.52. The molecule has 7 nitrogen and oxygen atoms in total. The van der Waals surface area contributed by atoms with Gasteiger partial charge in [0.2, 0.25) is 0 Å². The third kappa shape index (κ3) is 7.46. The van der Waals surface area contributed by atoms with Gasteiger partial charge in [-0.05, 0) is 36.6 Å². The van der Waals surface area contributed by atoms with Crippen molar-refractivity contribution in [3.05, 3.63) is 83.7 Å². The highest BCUT2D eigenvalue weighted by Gasteiger charge is 2.25. The molecule has 0 radical (unpaired) electrons. The molecule has 1 unspecified atom stereocenters. The summed E-state index contributed by atoms with van der Waals surface area (Å²) < 4.78 is 13.7. The molecule has 1 atom stereocenters. The van der Waals surface area contributed by atoms with Gasteiger partial charge in [-0.1, -0.05) is 42.5 Å². The normalized spacial score (nSPS) is 16.1. The van der Waals surface area contributed by atoms with Crippen LogP contribution in [0.2, 0.25) is 0 Å². The van der Waals surface area contributed by atoms with E-state index in [1.165, 1.54) is 11.1 Å². The highest BCUT2D eigenvalue weighted by Crippen LogP contribution is 2.21. The van der Waals surface area contributed by atoms with Crippen LogP contribution in [0, 0.1) is 0 Å². The minimum Gasteiger partial charge on any atom is -0.489 e. The summed E-state index contributed by atoms with van der Waals surface area (Å²) in [6.07, 6.45) is 4.79. The largest absolute Gasteiger partial charge is 0.489 e. The van der Waals surface area contributed by atoms with E-state index in [-0.39, 0.29) is 30.1 Å². The van der Waals surface area contributed by atoms with Crippen molar-refractivity contribution in [1.82, 2.24) is 20.0 Å². The standard InChI is InChI=1S/C26H33N5O2.HI/c1-3-27-26(31-15-16-32-25(19-31)23-17-29-30(2)18-23)28-14-13-21-9-11-24(12-10-21)33-20-22-7-5-4-6-8-22;/h4-12,17-18,25H,3,13-16,19-20H2,1-2H3,(H,27,28);1H. The molecule has 0 saturated carbocycles. The summed E-state index contributed by atoms with van der Waals surface area (Å²) in [6, 6.07) is 18.5. The van der Waals surface area contributed by atoms with E-state index in [4.69, 9.17) is 14.5 Å². The number of nitrogens with one attached hydrogen (secondary N) is 1. The van der Waals surface area contributed by atoms with Crippen LogP contribution in [0.15, 0.2) is 72.0 Å². The lowest BCUT2D eigenvalue weighted by molar-refractivity contribution is -0.00803. The molecule has 8 heteroatoms. The molecule has 2 aromatic carbocycles. The summed E-state index contributed by atoms with van der Waals surface area (Å²) in [6.45, 7) is 6.51. The summed E-state index contributed by atoms with van der Waals surface area (Å²) in [5.74, 6) is 1.83. The zero-order valence-corrected chi connectivity index (χ0v) is 22.2. The Morgan fingerprint density at radius 1 is 1.15 bits per heavy atom. The van der Waals surface area contributed by atoms with Crippen LogP contribution in [0.5, 0.6) is 5.75 Å². The van der Waals surface area contributed by atoms with Gasteiger partial charge in [-0.15, -0.1) is 24.0 Å². The van der Waals surface area contributed by atoms with Gasteiger partial charge in [-0.3, -0.25) is 9.67 Å². The summed E-state index contributed by atoms with van der Waals surface area (Å²) in [5, 5.41) is 7.71. The molecule has 2 heterocycles. The van der Waals surface area contributed by atoms with Crippen LogP contribution in [0.1, 0.15) is 29.7 Å². The van der Waals surface area contributed by atoms with Crippen LogP contribution in [0.4, 0.5) is 0 Å². The van der Waals surface area contributed by atoms with E-state index in [0.29, 0.717) is 13.2 Å². The first kappa shape index (κ1) is 26.0. The molecular formula is C26H34IN5O2. The number of aliphatic imine (C=N–C) groups is 1. The number of rotatable bonds is 8. The van der Waals surface area contributed by atoms with Crippen LogP contribution in [-0.2, 0) is 24.8 Å². The summed E-state index contributed by atoms with van der Waals surface area (Å²) in [7, 11) is 1.93. The zero-order chi connectivity index (χ0) is 22.9. The Morgan fingerprint density at radius 2 is 1.94 bits per heavy atom. The zero-order valence-electron chi connectivity index (χ0n) is 19.9. The number of hydrogen-bond acceptors (Lipinski definition) is 4. The van der Waals surface area contributed by atoms with Crippen LogP contribution >= 0.6 is 24.0 Å². The highest BCUT2D eigenvalue weighted by atomic mass is 127. The van der Waals surface area contributed by atoms with Crippen molar-refractivity contribution in [2.24, 2.45) is 12.0 Å². The topological polar surface area (TPSA) is 63.9 Å². The second-order valence-electron chi connectivity index (χ2n) is 8.16. The van der Waals surface area contributed by atoms with Gasteiger partial charge in [0, 0.05) is 38.4 Å². The number of morpholine rings is 1. The van der Waals surface area contributed by atoms with Crippen molar-refractivity contribution in [3.8, 4) is 5.75 Å². The van der Waals surface area contributed by atoms with Crippen LogP contribution < -0.4 is 10.1 Å². The number of hydrogen-bond donors (Lipinski definition) is 1. The number of ether oxygens (including phenoxy) is 2. The lowest BCUT2D eigenvalue weighted by Crippen LogP contribution is -2.48. The quantitative estimate of drug-likeness (QED) is 0.248. The molecule has 182 valence electrons. The van der Waals surface area contributed by atoms with E-state index in [9.17, 15) is 0 Å². The van der Waals surface area contributed by atoms with E-state index in [2.05, 4.69) is 46.5 Å². The van der Waals surface area contributed by atoms with Crippen LogP contribution in [0.25, 0.3) is 0 Å². The Labute approximate surface area is 219 Å². The Hall–Kier alpha value is -2.59. The van der Waals surface area contributed by atoms with Crippen LogP contribution in [0.3, 0.4) is 0 Å². The predicted octanol–water partition coefficient (Wildman–Crippen LogP) is 4.20. The molecule has 3 aromatic rings. The summed E-state index contributed by atoms with van der Waals surface area (Å²) in [4.78, 5) is 7.17. The summed E-state index contributed by atoms with van der Waals surface area (Å²) >= 11 is 0. The average Bonchev–Trinajstić information content (AvgIpc) is 3.30. The SMILES string of the molecule is CCNC(=NCCc1ccc(OCc2ccccc2)cc1)N1CCOC(c2cnn(C)c2)C1.I. The van der Waals surface area contributed by atoms with E-state index in [1.54, 1.807) is 0 Å². The predicted molar refractivity (Wildman–Crippen MR) is 146 cm³/mol. The Kier molecular flexibility index (Phi) is 10.2. The fraction of sp³-hybridized carbons (Fsp3) is 0.385. The van der Waals surface area contributed by atoms with Crippen molar-refractivity contribution < 1.29 is 9.47 Å². The maximum Gasteiger partial charge on any atom is 0.194 e. The molecular weight excluding hydrogens is 541 g/mol. The number of guanidine groups is 1. The maximum atomic E-state index is 5.98. The van der Waals surface area contributed by atoms with E-state index >= 15 is 0 Å². The molecule has 1 saturated heterocycles. The van der Waals surface area contributed by atoms with Gasteiger partial charge in [0.15, 0.2) is 5.96 Å². The second kappa shape index (κ2) is 13.3. The molecule has 1 aromatic heterocycles. The van der Waals surface area contributed by atoms with Crippen molar-refractivity contribution >= 4 is 29.9 Å². The Balaban J connectivity index is 0.00000324. The lowest BCUT2D eigenvalue weighted by atomic mass is 10.1. The number of benzene rings is 2. The highest BCUT2D eigenvalue weighted by molar-refractivity contribution is 14.0. The first-order chi connectivity index (χ1) is 16.2. The Morgan fingerprint density at radius 3 is 2.65 bits per heavy atom. The maximum absolute atomic E-state index is 5.98. The minimum atomic E-state index is 0. The molecule has 0 spiro atoms. The molecule has 1 N–H and O–H groups in total. The number of nitrogens with zero attached hydrogens (tertiary/aromatic N) is 4. The van der Waals surface area contributed by atoms with Crippen molar-refractivity contribution in [2.75, 3.05) is 32.8 Å². The minimum absolute atomic E-state index is 0. The fourth-order valence-electron chi connectivity index (χ4n) is 3.86. The monoisotopic (exact) mass is 575 g/mol. The van der Waals surface area contributed by atoms with E-state index < -0.39 is 0 Å². The second-order valence-corrected chi connectivity index (χ2v) is 8.16. The van der Waals surface area contributed by atoms with Crippen LogP contribution in [-0.4, -0.2) is 53.4 Å². The first-order valence-electron chi connectivity index (χ1n) is 11.6. The van der Waals surface area contributed by atoms with Gasteiger partial charge in [-0.2, -0.15) is 5.10 Å². The number of aryl methyl sites for hydroxylation is 1. The molecule has 4 rings (SSSR count). The molecule has 0 aliphatic carbocycles. The molecule has 1 aliphatic heterocycles. The van der Waals surface area contributed by atoms with Crippen molar-refractivity contribution in [2.45, 2.75) is 26.1 Å². The smallest absolute Gasteiger partial charge is 0.194 e. The van der Waals surface area contributed by atoms with E-state index in [1.807, 2.05) is 54.5 Å².